The van der Waals surface area contributed by atoms with Crippen molar-refractivity contribution in [1.29, 1.82) is 0 Å². The number of carbonyl (C=O) groups excluding carboxylic acids is 1. The van der Waals surface area contributed by atoms with Crippen molar-refractivity contribution < 1.29 is 9.18 Å². The number of allylic oxidation sites excluding steroid dienone is 1. The number of halogens is 1. The number of urea groups is 1. The summed E-state index contributed by atoms with van der Waals surface area (Å²) in [5.41, 5.74) is 0.996. The predicted molar refractivity (Wildman–Crippen MR) is 82.7 cm³/mol. The molecule has 0 spiro atoms. The Kier molecular flexibility index (Phi) is 5.20. The molecule has 0 bridgehead atoms. The maximum atomic E-state index is 12.9. The Morgan fingerprint density at radius 3 is 2.38 bits per heavy atom. The van der Waals surface area contributed by atoms with Crippen LogP contribution in [0.3, 0.4) is 0 Å². The molecule has 1 saturated heterocycles. The molecule has 1 aliphatic heterocycles. The average molecular weight is 291 g/mol. The van der Waals surface area contributed by atoms with Gasteiger partial charge in [0, 0.05) is 38.1 Å². The largest absolute Gasteiger partial charge is 0.368 e. The Morgan fingerprint density at radius 1 is 1.19 bits per heavy atom. The second-order valence-electron chi connectivity index (χ2n) is 5.50. The minimum Gasteiger partial charge on any atom is -0.368 e. The quantitative estimate of drug-likeness (QED) is 0.929. The van der Waals surface area contributed by atoms with Crippen molar-refractivity contribution in [2.45, 2.75) is 13.8 Å². The topological polar surface area (TPSA) is 35.6 Å². The number of piperazine rings is 1. The summed E-state index contributed by atoms with van der Waals surface area (Å²) in [4.78, 5) is 15.9. The summed E-state index contributed by atoms with van der Waals surface area (Å²) in [6.07, 6.45) is 3.66. The molecule has 0 aromatic heterocycles. The molecular formula is C16H22FN3O. The number of hydrogen-bond acceptors (Lipinski definition) is 2. The van der Waals surface area contributed by atoms with Crippen LogP contribution in [0.25, 0.3) is 0 Å². The zero-order valence-electron chi connectivity index (χ0n) is 12.6. The van der Waals surface area contributed by atoms with Crippen molar-refractivity contribution in [1.82, 2.24) is 10.2 Å². The van der Waals surface area contributed by atoms with E-state index in [1.807, 2.05) is 6.08 Å². The molecule has 0 saturated carbocycles. The molecule has 1 aliphatic rings. The highest BCUT2D eigenvalue weighted by Crippen LogP contribution is 2.16. The smallest absolute Gasteiger partial charge is 0.321 e. The van der Waals surface area contributed by atoms with Crippen LogP contribution in [0.4, 0.5) is 14.9 Å². The molecule has 0 aliphatic carbocycles. The molecule has 0 unspecified atom stereocenters. The van der Waals surface area contributed by atoms with E-state index in [-0.39, 0.29) is 11.8 Å². The molecule has 1 fully saturated rings. The Balaban J connectivity index is 1.82. The van der Waals surface area contributed by atoms with E-state index in [9.17, 15) is 9.18 Å². The number of nitrogens with one attached hydrogen (secondary N) is 1. The fraction of sp³-hybridized carbons (Fsp3) is 0.438. The summed E-state index contributed by atoms with van der Waals surface area (Å²) in [6, 6.07) is 6.41. The van der Waals surface area contributed by atoms with Crippen molar-refractivity contribution in [2.24, 2.45) is 5.92 Å². The number of rotatable bonds is 3. The van der Waals surface area contributed by atoms with E-state index in [0.29, 0.717) is 19.0 Å². The maximum absolute atomic E-state index is 12.9. The number of nitrogens with zero attached hydrogens (tertiary/aromatic N) is 2. The lowest BCUT2D eigenvalue weighted by Crippen LogP contribution is -2.51. The lowest BCUT2D eigenvalue weighted by Gasteiger charge is -2.35. The van der Waals surface area contributed by atoms with Crippen LogP contribution < -0.4 is 10.2 Å². The zero-order chi connectivity index (χ0) is 15.2. The number of benzene rings is 1. The highest BCUT2D eigenvalue weighted by Gasteiger charge is 2.20. The van der Waals surface area contributed by atoms with Crippen LogP contribution in [0, 0.1) is 11.7 Å². The van der Waals surface area contributed by atoms with Crippen molar-refractivity contribution in [3.8, 4) is 0 Å². The second kappa shape index (κ2) is 7.11. The van der Waals surface area contributed by atoms with Gasteiger partial charge < -0.3 is 15.1 Å². The first-order valence-corrected chi connectivity index (χ1v) is 7.29. The third-order valence-electron chi connectivity index (χ3n) is 3.45. The van der Waals surface area contributed by atoms with Crippen LogP contribution >= 0.6 is 0 Å². The van der Waals surface area contributed by atoms with Crippen molar-refractivity contribution in [3.05, 3.63) is 42.4 Å². The normalized spacial score (nSPS) is 15.8. The highest BCUT2D eigenvalue weighted by atomic mass is 19.1. The van der Waals surface area contributed by atoms with Gasteiger partial charge >= 0.3 is 6.03 Å². The van der Waals surface area contributed by atoms with E-state index < -0.39 is 0 Å². The molecule has 4 nitrogen and oxygen atoms in total. The van der Waals surface area contributed by atoms with Crippen LogP contribution in [-0.2, 0) is 0 Å². The van der Waals surface area contributed by atoms with Crippen LogP contribution in [0.1, 0.15) is 13.8 Å². The van der Waals surface area contributed by atoms with Gasteiger partial charge in [0.25, 0.3) is 0 Å². The predicted octanol–water partition coefficient (Wildman–Crippen LogP) is 2.83. The lowest BCUT2D eigenvalue weighted by atomic mass is 10.2. The Bertz CT molecular complexity index is 491. The Morgan fingerprint density at radius 2 is 1.81 bits per heavy atom. The molecule has 5 heteroatoms. The van der Waals surface area contributed by atoms with Crippen molar-refractivity contribution in [3.63, 3.8) is 0 Å². The summed E-state index contributed by atoms with van der Waals surface area (Å²) in [7, 11) is 0. The van der Waals surface area contributed by atoms with E-state index in [4.69, 9.17) is 0 Å². The number of anilines is 1. The third kappa shape index (κ3) is 4.48. The van der Waals surface area contributed by atoms with Gasteiger partial charge in [-0.1, -0.05) is 19.9 Å². The van der Waals surface area contributed by atoms with Crippen LogP contribution in [0.5, 0.6) is 0 Å². The number of amides is 2. The van der Waals surface area contributed by atoms with Crippen LogP contribution in [0.15, 0.2) is 36.5 Å². The Hall–Kier alpha value is -2.04. The molecule has 2 amide bonds. The zero-order valence-corrected chi connectivity index (χ0v) is 12.6. The van der Waals surface area contributed by atoms with E-state index in [0.717, 1.165) is 18.8 Å². The average Bonchev–Trinajstić information content (AvgIpc) is 2.48. The second-order valence-corrected chi connectivity index (χ2v) is 5.50. The minimum atomic E-state index is -0.228. The summed E-state index contributed by atoms with van der Waals surface area (Å²) in [5, 5.41) is 2.78. The molecule has 114 valence electrons. The summed E-state index contributed by atoms with van der Waals surface area (Å²) < 4.78 is 12.9. The van der Waals surface area contributed by atoms with Gasteiger partial charge in [-0.15, -0.1) is 0 Å². The van der Waals surface area contributed by atoms with E-state index in [2.05, 4.69) is 24.1 Å². The molecule has 21 heavy (non-hydrogen) atoms. The summed E-state index contributed by atoms with van der Waals surface area (Å²) >= 11 is 0. The monoisotopic (exact) mass is 291 g/mol. The van der Waals surface area contributed by atoms with Crippen LogP contribution in [0.2, 0.25) is 0 Å². The first-order valence-electron chi connectivity index (χ1n) is 7.29. The fourth-order valence-electron chi connectivity index (χ4n) is 2.22. The SMILES string of the molecule is CC(C)/C=C/NC(=O)N1CCN(c2ccc(F)cc2)CC1. The summed E-state index contributed by atoms with van der Waals surface area (Å²) in [6.45, 7) is 6.96. The first-order chi connectivity index (χ1) is 10.1. The van der Waals surface area contributed by atoms with Crippen molar-refractivity contribution >= 4 is 11.7 Å². The number of carbonyl (C=O) groups is 1. The van der Waals surface area contributed by atoms with Gasteiger partial charge in [-0.2, -0.15) is 0 Å². The molecule has 1 aromatic rings. The third-order valence-corrected chi connectivity index (χ3v) is 3.45. The van der Waals surface area contributed by atoms with Crippen molar-refractivity contribution in [2.75, 3.05) is 31.1 Å². The van der Waals surface area contributed by atoms with Gasteiger partial charge in [0.15, 0.2) is 0 Å². The summed E-state index contributed by atoms with van der Waals surface area (Å²) in [5.74, 6) is 0.189. The Labute approximate surface area is 125 Å². The number of hydrogen-bond donors (Lipinski definition) is 1. The van der Waals surface area contributed by atoms with Gasteiger partial charge in [-0.05, 0) is 30.2 Å². The molecular weight excluding hydrogens is 269 g/mol. The fourth-order valence-corrected chi connectivity index (χ4v) is 2.22. The molecule has 1 heterocycles. The van der Waals surface area contributed by atoms with Gasteiger partial charge in [0.05, 0.1) is 0 Å². The van der Waals surface area contributed by atoms with Gasteiger partial charge in [0.2, 0.25) is 0 Å². The molecule has 0 radical (unpaired) electrons. The van der Waals surface area contributed by atoms with E-state index >= 15 is 0 Å². The van der Waals surface area contributed by atoms with E-state index in [1.54, 1.807) is 23.2 Å². The highest BCUT2D eigenvalue weighted by molar-refractivity contribution is 5.75. The molecule has 1 aromatic carbocycles. The molecule has 1 N–H and O–H groups in total. The maximum Gasteiger partial charge on any atom is 0.321 e. The standard InChI is InChI=1S/C16H22FN3O/c1-13(2)7-8-18-16(21)20-11-9-19(10-12-20)15-5-3-14(17)4-6-15/h3-8,13H,9-12H2,1-2H3,(H,18,21)/b8-7+. The molecule has 0 atom stereocenters. The first kappa shape index (κ1) is 15.4. The van der Waals surface area contributed by atoms with E-state index in [1.165, 1.54) is 12.1 Å². The molecule has 2 rings (SSSR count). The van der Waals surface area contributed by atoms with Gasteiger partial charge in [-0.3, -0.25) is 0 Å². The van der Waals surface area contributed by atoms with Gasteiger partial charge in [0.1, 0.15) is 5.82 Å². The lowest BCUT2D eigenvalue weighted by molar-refractivity contribution is 0.198. The van der Waals surface area contributed by atoms with Gasteiger partial charge in [-0.25, -0.2) is 9.18 Å². The minimum absolute atomic E-state index is 0.0642. The van der Waals surface area contributed by atoms with Crippen LogP contribution in [-0.4, -0.2) is 37.1 Å².